The number of aryl methyl sites for hydroxylation is 1. The normalized spacial score (nSPS) is 21.9. The summed E-state index contributed by atoms with van der Waals surface area (Å²) in [6, 6.07) is 15.8. The molecule has 1 fully saturated rings. The third-order valence-electron chi connectivity index (χ3n) is 3.64. The van der Waals surface area contributed by atoms with Crippen LogP contribution in [0.25, 0.3) is 0 Å². The van der Waals surface area contributed by atoms with Crippen LogP contribution in [0.4, 0.5) is 5.69 Å². The first kappa shape index (κ1) is 14.5. The third kappa shape index (κ3) is 2.68. The Labute approximate surface area is 134 Å². The highest BCUT2D eigenvalue weighted by atomic mass is 35.5. The topological polar surface area (TPSA) is 20.3 Å². The van der Waals surface area contributed by atoms with Crippen LogP contribution in [0.5, 0.6) is 0 Å². The summed E-state index contributed by atoms with van der Waals surface area (Å²) in [5.41, 5.74) is 3.09. The molecule has 0 spiro atoms. The van der Waals surface area contributed by atoms with Crippen molar-refractivity contribution in [3.8, 4) is 0 Å². The molecule has 108 valence electrons. The molecule has 0 saturated carbocycles. The molecule has 1 amide bonds. The van der Waals surface area contributed by atoms with Crippen LogP contribution in [0, 0.1) is 6.92 Å². The molecule has 0 radical (unpaired) electrons. The third-order valence-corrected chi connectivity index (χ3v) is 5.31. The Balaban J connectivity index is 2.05. The molecule has 0 aromatic heterocycles. The van der Waals surface area contributed by atoms with Crippen molar-refractivity contribution in [1.82, 2.24) is 0 Å². The minimum absolute atomic E-state index is 0.0624. The average molecular weight is 318 g/mol. The van der Waals surface area contributed by atoms with Gasteiger partial charge in [-0.05, 0) is 32.0 Å². The number of hydrogen-bond acceptors (Lipinski definition) is 2. The zero-order valence-corrected chi connectivity index (χ0v) is 13.5. The number of nitrogens with zero attached hydrogens (tertiary/aromatic N) is 1. The maximum atomic E-state index is 12.5. The highest BCUT2D eigenvalue weighted by Gasteiger charge is 2.40. The molecule has 1 saturated heterocycles. The molecule has 0 aliphatic carbocycles. The van der Waals surface area contributed by atoms with Crippen LogP contribution in [0.15, 0.2) is 48.5 Å². The fraction of sp³-hybridized carbons (Fsp3) is 0.235. The molecule has 2 unspecified atom stereocenters. The zero-order valence-electron chi connectivity index (χ0n) is 11.9. The summed E-state index contributed by atoms with van der Waals surface area (Å²) in [5, 5.41) is 0.575. The number of carbonyl (C=O) groups excluding carboxylic acids is 1. The summed E-state index contributed by atoms with van der Waals surface area (Å²) in [7, 11) is 0. The van der Waals surface area contributed by atoms with Gasteiger partial charge in [0.25, 0.3) is 0 Å². The molecule has 1 heterocycles. The van der Waals surface area contributed by atoms with E-state index >= 15 is 0 Å². The Bertz CT molecular complexity index is 671. The van der Waals surface area contributed by atoms with E-state index in [-0.39, 0.29) is 16.5 Å². The first-order valence-electron chi connectivity index (χ1n) is 6.87. The molecule has 2 nitrogen and oxygen atoms in total. The van der Waals surface area contributed by atoms with Crippen LogP contribution in [-0.2, 0) is 4.79 Å². The fourth-order valence-corrected chi connectivity index (χ4v) is 4.10. The molecule has 1 aliphatic rings. The number of thioether (sulfide) groups is 1. The summed E-state index contributed by atoms with van der Waals surface area (Å²) >= 11 is 7.97. The van der Waals surface area contributed by atoms with E-state index in [0.717, 1.165) is 11.3 Å². The lowest BCUT2D eigenvalue weighted by Gasteiger charge is -2.25. The molecule has 3 rings (SSSR count). The monoisotopic (exact) mass is 317 g/mol. The smallest absolute Gasteiger partial charge is 0.241 e. The van der Waals surface area contributed by atoms with Crippen molar-refractivity contribution in [2.45, 2.75) is 24.5 Å². The van der Waals surface area contributed by atoms with Crippen LogP contribution in [-0.4, -0.2) is 11.2 Å². The van der Waals surface area contributed by atoms with Gasteiger partial charge in [0, 0.05) is 16.3 Å². The summed E-state index contributed by atoms with van der Waals surface area (Å²) < 4.78 is 0. The highest BCUT2D eigenvalue weighted by molar-refractivity contribution is 8.01. The summed E-state index contributed by atoms with van der Waals surface area (Å²) in [6.07, 6.45) is 0. The summed E-state index contributed by atoms with van der Waals surface area (Å²) in [4.78, 5) is 14.4. The van der Waals surface area contributed by atoms with Gasteiger partial charge in [-0.25, -0.2) is 0 Å². The van der Waals surface area contributed by atoms with Gasteiger partial charge < -0.3 is 0 Å². The molecule has 21 heavy (non-hydrogen) atoms. The summed E-state index contributed by atoms with van der Waals surface area (Å²) in [6.45, 7) is 3.99. The standard InChI is InChI=1S/C17H16ClNOS/c1-11-7-9-13(10-8-11)19-16(20)12(2)21-17(19)14-5-3-4-6-15(14)18/h3-10,12,17H,1-2H3. The predicted molar refractivity (Wildman–Crippen MR) is 89.9 cm³/mol. The second-order valence-corrected chi connectivity index (χ2v) is 7.03. The zero-order chi connectivity index (χ0) is 15.0. The molecule has 2 aromatic carbocycles. The van der Waals surface area contributed by atoms with Crippen LogP contribution in [0.2, 0.25) is 5.02 Å². The second-order valence-electron chi connectivity index (χ2n) is 5.20. The van der Waals surface area contributed by atoms with Crippen molar-refractivity contribution in [2.24, 2.45) is 0 Å². The molecule has 4 heteroatoms. The van der Waals surface area contributed by atoms with E-state index in [2.05, 4.69) is 0 Å². The maximum Gasteiger partial charge on any atom is 0.241 e. The van der Waals surface area contributed by atoms with E-state index in [4.69, 9.17) is 11.6 Å². The van der Waals surface area contributed by atoms with E-state index in [9.17, 15) is 4.79 Å². The quantitative estimate of drug-likeness (QED) is 0.791. The van der Waals surface area contributed by atoms with Crippen LogP contribution in [0.1, 0.15) is 23.4 Å². The molecule has 1 aliphatic heterocycles. The molecular formula is C17H16ClNOS. The lowest BCUT2D eigenvalue weighted by Crippen LogP contribution is -2.30. The Morgan fingerprint density at radius 3 is 2.43 bits per heavy atom. The van der Waals surface area contributed by atoms with E-state index < -0.39 is 0 Å². The van der Waals surface area contributed by atoms with Gasteiger partial charge in [0.2, 0.25) is 5.91 Å². The van der Waals surface area contributed by atoms with Crippen LogP contribution < -0.4 is 4.90 Å². The van der Waals surface area contributed by atoms with Crippen molar-refractivity contribution in [3.63, 3.8) is 0 Å². The number of carbonyl (C=O) groups is 1. The largest absolute Gasteiger partial charge is 0.295 e. The van der Waals surface area contributed by atoms with Gasteiger partial charge in [-0.3, -0.25) is 9.69 Å². The van der Waals surface area contributed by atoms with Gasteiger partial charge in [0.15, 0.2) is 0 Å². The number of halogens is 1. The molecule has 0 N–H and O–H groups in total. The van der Waals surface area contributed by atoms with Crippen molar-refractivity contribution in [1.29, 1.82) is 0 Å². The minimum atomic E-state index is -0.0658. The fourth-order valence-electron chi connectivity index (χ4n) is 2.48. The van der Waals surface area contributed by atoms with Gasteiger partial charge >= 0.3 is 0 Å². The van der Waals surface area contributed by atoms with Crippen molar-refractivity contribution < 1.29 is 4.79 Å². The minimum Gasteiger partial charge on any atom is -0.295 e. The Kier molecular flexibility index (Phi) is 3.96. The number of hydrogen-bond donors (Lipinski definition) is 0. The van der Waals surface area contributed by atoms with Crippen LogP contribution >= 0.6 is 23.4 Å². The van der Waals surface area contributed by atoms with Gasteiger partial charge in [-0.1, -0.05) is 47.5 Å². The first-order valence-corrected chi connectivity index (χ1v) is 8.19. The van der Waals surface area contributed by atoms with Crippen LogP contribution in [0.3, 0.4) is 0 Å². The molecule has 2 atom stereocenters. The number of anilines is 1. The van der Waals surface area contributed by atoms with E-state index in [1.54, 1.807) is 11.8 Å². The molecule has 0 bridgehead atoms. The molecule has 2 aromatic rings. The Morgan fingerprint density at radius 2 is 1.76 bits per heavy atom. The summed E-state index contributed by atoms with van der Waals surface area (Å²) in [5.74, 6) is 0.133. The lowest BCUT2D eigenvalue weighted by molar-refractivity contribution is -0.117. The van der Waals surface area contributed by atoms with Gasteiger partial charge in [-0.2, -0.15) is 0 Å². The lowest BCUT2D eigenvalue weighted by atomic mass is 10.1. The second kappa shape index (κ2) is 5.74. The predicted octanol–water partition coefficient (Wildman–Crippen LogP) is 4.82. The average Bonchev–Trinajstić information content (AvgIpc) is 2.76. The Hall–Kier alpha value is -1.45. The van der Waals surface area contributed by atoms with Gasteiger partial charge in [0.05, 0.1) is 5.25 Å². The van der Waals surface area contributed by atoms with Gasteiger partial charge in [0.1, 0.15) is 5.37 Å². The number of rotatable bonds is 2. The van der Waals surface area contributed by atoms with Crippen molar-refractivity contribution in [2.75, 3.05) is 4.90 Å². The van der Waals surface area contributed by atoms with E-state index in [1.165, 1.54) is 5.56 Å². The van der Waals surface area contributed by atoms with E-state index in [1.807, 2.05) is 67.3 Å². The number of benzene rings is 2. The van der Waals surface area contributed by atoms with Crippen molar-refractivity contribution >= 4 is 35.0 Å². The number of amides is 1. The molecular weight excluding hydrogens is 302 g/mol. The van der Waals surface area contributed by atoms with Gasteiger partial charge in [-0.15, -0.1) is 11.8 Å². The van der Waals surface area contributed by atoms with E-state index in [0.29, 0.717) is 5.02 Å². The Morgan fingerprint density at radius 1 is 1.10 bits per heavy atom. The highest BCUT2D eigenvalue weighted by Crippen LogP contribution is 2.47. The van der Waals surface area contributed by atoms with Crippen molar-refractivity contribution in [3.05, 3.63) is 64.7 Å². The maximum absolute atomic E-state index is 12.5. The SMILES string of the molecule is Cc1ccc(N2C(=O)C(C)SC2c2ccccc2Cl)cc1. The first-order chi connectivity index (χ1) is 10.1.